The molecule has 1 atom stereocenters. The zero-order chi connectivity index (χ0) is 20.7. The third-order valence-corrected chi connectivity index (χ3v) is 3.40. The Morgan fingerprint density at radius 3 is 2.07 bits per heavy atom. The molecule has 0 radical (unpaired) electrons. The number of hydrogen-bond acceptors (Lipinski definition) is 3. The standard InChI is InChI=1S/C14H8F7N3O3/c1-4(13(26)27)24-3-5(2-22-24)12(25)23-11-9(17)7(15)6(14(19,20)21)8(16)10(11)18/h2-4H,1H3,(H,23,25)(H,26,27). The molecule has 27 heavy (non-hydrogen) atoms. The Labute approximate surface area is 145 Å². The molecule has 0 bridgehead atoms. The van der Waals surface area contributed by atoms with Gasteiger partial charge >= 0.3 is 12.1 Å². The number of carbonyl (C=O) groups is 2. The smallest absolute Gasteiger partial charge is 0.422 e. The van der Waals surface area contributed by atoms with Crippen LogP contribution in [-0.2, 0) is 11.0 Å². The Kier molecular flexibility index (Phi) is 5.15. The van der Waals surface area contributed by atoms with Crippen molar-refractivity contribution >= 4 is 17.6 Å². The number of nitrogens with one attached hydrogen (secondary N) is 1. The highest BCUT2D eigenvalue weighted by Gasteiger charge is 2.42. The van der Waals surface area contributed by atoms with Gasteiger partial charge in [0.05, 0.1) is 11.8 Å². The summed E-state index contributed by atoms with van der Waals surface area (Å²) in [5.74, 6) is -13.1. The van der Waals surface area contributed by atoms with Crippen LogP contribution >= 0.6 is 0 Å². The van der Waals surface area contributed by atoms with Crippen LogP contribution in [0.1, 0.15) is 28.9 Å². The Balaban J connectivity index is 2.41. The molecule has 13 heteroatoms. The second-order valence-electron chi connectivity index (χ2n) is 5.18. The third-order valence-electron chi connectivity index (χ3n) is 3.40. The Morgan fingerprint density at radius 2 is 1.63 bits per heavy atom. The van der Waals surface area contributed by atoms with Crippen molar-refractivity contribution in [2.45, 2.75) is 19.1 Å². The molecule has 1 unspecified atom stereocenters. The fraction of sp³-hybridized carbons (Fsp3) is 0.214. The van der Waals surface area contributed by atoms with Crippen LogP contribution in [0, 0.1) is 23.3 Å². The lowest BCUT2D eigenvalue weighted by atomic mass is 10.1. The van der Waals surface area contributed by atoms with Crippen molar-refractivity contribution in [1.82, 2.24) is 9.78 Å². The van der Waals surface area contributed by atoms with Crippen LogP contribution in [0.3, 0.4) is 0 Å². The molecule has 1 heterocycles. The van der Waals surface area contributed by atoms with Crippen LogP contribution in [-0.4, -0.2) is 26.8 Å². The number of carbonyl (C=O) groups excluding carboxylic acids is 1. The summed E-state index contributed by atoms with van der Waals surface area (Å²) >= 11 is 0. The molecular weight excluding hydrogens is 391 g/mol. The minimum absolute atomic E-state index is 0.470. The summed E-state index contributed by atoms with van der Waals surface area (Å²) in [6.45, 7) is 1.19. The van der Waals surface area contributed by atoms with Gasteiger partial charge < -0.3 is 10.4 Å². The highest BCUT2D eigenvalue weighted by molar-refractivity contribution is 6.04. The maximum Gasteiger partial charge on any atom is 0.422 e. The van der Waals surface area contributed by atoms with Gasteiger partial charge in [0.25, 0.3) is 5.91 Å². The second kappa shape index (κ2) is 6.89. The van der Waals surface area contributed by atoms with Gasteiger partial charge in [-0.25, -0.2) is 22.4 Å². The van der Waals surface area contributed by atoms with E-state index in [1.807, 2.05) is 0 Å². The maximum absolute atomic E-state index is 13.8. The van der Waals surface area contributed by atoms with E-state index >= 15 is 0 Å². The number of nitrogens with zero attached hydrogens (tertiary/aromatic N) is 2. The van der Waals surface area contributed by atoms with E-state index in [4.69, 9.17) is 5.11 Å². The van der Waals surface area contributed by atoms with Crippen molar-refractivity contribution in [1.29, 1.82) is 0 Å². The summed E-state index contributed by atoms with van der Waals surface area (Å²) in [5, 5.41) is 13.7. The molecule has 0 saturated heterocycles. The number of rotatable bonds is 4. The van der Waals surface area contributed by atoms with Crippen molar-refractivity contribution in [3.63, 3.8) is 0 Å². The van der Waals surface area contributed by atoms with Crippen LogP contribution in [0.25, 0.3) is 0 Å². The number of amides is 1. The molecule has 0 aliphatic carbocycles. The molecule has 146 valence electrons. The monoisotopic (exact) mass is 399 g/mol. The Bertz CT molecular complexity index is 894. The number of aliphatic carboxylic acids is 1. The topological polar surface area (TPSA) is 84.2 Å². The lowest BCUT2D eigenvalue weighted by Gasteiger charge is -2.14. The van der Waals surface area contributed by atoms with Crippen LogP contribution in [0.4, 0.5) is 36.4 Å². The molecule has 2 rings (SSSR count). The summed E-state index contributed by atoms with van der Waals surface area (Å²) < 4.78 is 92.9. The van der Waals surface area contributed by atoms with Crippen molar-refractivity contribution in [3.8, 4) is 0 Å². The predicted molar refractivity (Wildman–Crippen MR) is 73.8 cm³/mol. The quantitative estimate of drug-likeness (QED) is 0.610. The van der Waals surface area contributed by atoms with Crippen LogP contribution < -0.4 is 5.32 Å². The number of carboxylic acids is 1. The number of benzene rings is 1. The first-order valence-corrected chi connectivity index (χ1v) is 6.87. The van der Waals surface area contributed by atoms with E-state index in [1.165, 1.54) is 12.2 Å². The minimum Gasteiger partial charge on any atom is -0.480 e. The third kappa shape index (κ3) is 3.71. The van der Waals surface area contributed by atoms with Gasteiger partial charge in [-0.2, -0.15) is 18.3 Å². The number of hydrogen-bond donors (Lipinski definition) is 2. The molecule has 0 spiro atoms. The highest BCUT2D eigenvalue weighted by atomic mass is 19.4. The van der Waals surface area contributed by atoms with Crippen molar-refractivity contribution in [3.05, 3.63) is 46.8 Å². The molecular formula is C14H8F7N3O3. The molecule has 0 fully saturated rings. The van der Waals surface area contributed by atoms with Crippen LogP contribution in [0.15, 0.2) is 12.4 Å². The number of halogens is 7. The SMILES string of the molecule is CC(C(=O)O)n1cc(C(=O)Nc2c(F)c(F)c(C(F)(F)F)c(F)c2F)cn1. The normalized spacial score (nSPS) is 12.7. The first-order valence-electron chi connectivity index (χ1n) is 6.87. The fourth-order valence-corrected chi connectivity index (χ4v) is 1.96. The van der Waals surface area contributed by atoms with Gasteiger partial charge in [0.1, 0.15) is 17.3 Å². The van der Waals surface area contributed by atoms with E-state index in [2.05, 4.69) is 5.10 Å². The van der Waals surface area contributed by atoms with Gasteiger partial charge in [-0.15, -0.1) is 0 Å². The van der Waals surface area contributed by atoms with E-state index in [9.17, 15) is 40.3 Å². The zero-order valence-electron chi connectivity index (χ0n) is 13.0. The van der Waals surface area contributed by atoms with Gasteiger partial charge in [0.2, 0.25) is 0 Å². The average molecular weight is 399 g/mol. The summed E-state index contributed by atoms with van der Waals surface area (Å²) in [7, 11) is 0. The number of anilines is 1. The van der Waals surface area contributed by atoms with Crippen LogP contribution in [0.5, 0.6) is 0 Å². The van der Waals surface area contributed by atoms with E-state index < -0.39 is 64.2 Å². The minimum atomic E-state index is -5.72. The molecule has 2 aromatic rings. The van der Waals surface area contributed by atoms with Gasteiger partial charge in [0.15, 0.2) is 23.3 Å². The summed E-state index contributed by atoms with van der Waals surface area (Å²) in [4.78, 5) is 22.7. The maximum atomic E-state index is 13.8. The van der Waals surface area contributed by atoms with Gasteiger partial charge in [-0.3, -0.25) is 9.48 Å². The Hall–Kier alpha value is -3.12. The lowest BCUT2D eigenvalue weighted by Crippen LogP contribution is -2.20. The van der Waals surface area contributed by atoms with Crippen molar-refractivity contribution in [2.75, 3.05) is 5.32 Å². The van der Waals surface area contributed by atoms with E-state index in [1.54, 1.807) is 0 Å². The molecule has 0 aliphatic heterocycles. The lowest BCUT2D eigenvalue weighted by molar-refractivity contribution is -0.143. The molecule has 1 aromatic heterocycles. The summed E-state index contributed by atoms with van der Waals surface area (Å²) in [6, 6.07) is -1.22. The zero-order valence-corrected chi connectivity index (χ0v) is 13.0. The number of aromatic nitrogens is 2. The molecule has 6 nitrogen and oxygen atoms in total. The first kappa shape index (κ1) is 20.2. The average Bonchev–Trinajstić information content (AvgIpc) is 3.04. The largest absolute Gasteiger partial charge is 0.480 e. The Morgan fingerprint density at radius 1 is 1.11 bits per heavy atom. The number of carboxylic acid groups (broad SMARTS) is 1. The molecule has 0 saturated carbocycles. The first-order chi connectivity index (χ1) is 12.4. The highest BCUT2D eigenvalue weighted by Crippen LogP contribution is 2.38. The fourth-order valence-electron chi connectivity index (χ4n) is 1.96. The van der Waals surface area contributed by atoms with E-state index in [0.717, 1.165) is 17.1 Å². The number of alkyl halides is 3. The van der Waals surface area contributed by atoms with Gasteiger partial charge in [-0.05, 0) is 6.92 Å². The second-order valence-corrected chi connectivity index (χ2v) is 5.18. The van der Waals surface area contributed by atoms with Gasteiger partial charge in [-0.1, -0.05) is 0 Å². The summed E-state index contributed by atoms with van der Waals surface area (Å²) in [6.07, 6.45) is -4.09. The van der Waals surface area contributed by atoms with Crippen molar-refractivity contribution in [2.24, 2.45) is 0 Å². The van der Waals surface area contributed by atoms with Gasteiger partial charge in [0, 0.05) is 6.20 Å². The van der Waals surface area contributed by atoms with E-state index in [-0.39, 0.29) is 0 Å². The van der Waals surface area contributed by atoms with Crippen molar-refractivity contribution < 1.29 is 45.4 Å². The van der Waals surface area contributed by atoms with E-state index in [0.29, 0.717) is 0 Å². The molecule has 0 aliphatic rings. The van der Waals surface area contributed by atoms with Crippen LogP contribution in [0.2, 0.25) is 0 Å². The summed E-state index contributed by atoms with van der Waals surface area (Å²) in [5.41, 5.74) is -5.02. The predicted octanol–water partition coefficient (Wildman–Crippen LogP) is 3.36. The molecule has 1 amide bonds. The molecule has 2 N–H and O–H groups in total. The molecule has 1 aromatic carbocycles.